The van der Waals surface area contributed by atoms with Crippen molar-refractivity contribution in [3.8, 4) is 6.07 Å². The molecule has 0 aromatic carbocycles. The monoisotopic (exact) mass is 164 g/mol. The Balaban J connectivity index is 2.86. The molecule has 0 saturated heterocycles. The van der Waals surface area contributed by atoms with E-state index in [-0.39, 0.29) is 5.41 Å². The highest BCUT2D eigenvalue weighted by molar-refractivity contribution is 5.07. The average Bonchev–Trinajstić information content (AvgIpc) is 2.35. The van der Waals surface area contributed by atoms with Crippen LogP contribution in [0.25, 0.3) is 0 Å². The number of hydrogen-bond donors (Lipinski definition) is 0. The maximum atomic E-state index is 8.40. The zero-order valence-electron chi connectivity index (χ0n) is 7.59. The summed E-state index contributed by atoms with van der Waals surface area (Å²) in [6.07, 6.45) is 1.86. The largest absolute Gasteiger partial charge is 0.448 e. The van der Waals surface area contributed by atoms with Crippen LogP contribution in [0.15, 0.2) is 10.7 Å². The Morgan fingerprint density at radius 2 is 2.25 bits per heavy atom. The first-order chi connectivity index (χ1) is 5.54. The fourth-order valence-corrected chi connectivity index (χ4v) is 0.814. The van der Waals surface area contributed by atoms with Crippen LogP contribution in [0.5, 0.6) is 0 Å². The van der Waals surface area contributed by atoms with E-state index in [2.05, 4.69) is 4.98 Å². The summed E-state index contributed by atoms with van der Waals surface area (Å²) in [5, 5.41) is 8.40. The van der Waals surface area contributed by atoms with Crippen LogP contribution in [-0.4, -0.2) is 4.98 Å². The van der Waals surface area contributed by atoms with Crippen LogP contribution in [0.1, 0.15) is 32.4 Å². The summed E-state index contributed by atoms with van der Waals surface area (Å²) in [7, 11) is 0. The second-order valence-electron chi connectivity index (χ2n) is 3.73. The molecule has 0 N–H and O–H groups in total. The predicted octanol–water partition coefficient (Wildman–Crippen LogP) is 2.04. The Morgan fingerprint density at radius 3 is 2.67 bits per heavy atom. The molecule has 1 aromatic heterocycles. The summed E-state index contributed by atoms with van der Waals surface area (Å²) in [4.78, 5) is 4.18. The van der Waals surface area contributed by atoms with Gasteiger partial charge < -0.3 is 4.42 Å². The summed E-state index contributed by atoms with van der Waals surface area (Å²) >= 11 is 0. The van der Waals surface area contributed by atoms with Gasteiger partial charge in [0.2, 0.25) is 0 Å². The van der Waals surface area contributed by atoms with Crippen molar-refractivity contribution < 1.29 is 4.42 Å². The molecule has 0 unspecified atom stereocenters. The van der Waals surface area contributed by atoms with E-state index < -0.39 is 0 Å². The number of rotatable bonds is 1. The molecule has 0 spiro atoms. The molecule has 0 amide bonds. The smallest absolute Gasteiger partial charge is 0.199 e. The SMILES string of the molecule is CC(C)(C)c1nc(CC#N)co1. The second kappa shape index (κ2) is 2.98. The lowest BCUT2D eigenvalue weighted by molar-refractivity contribution is 0.392. The summed E-state index contributed by atoms with van der Waals surface area (Å²) in [6, 6.07) is 2.03. The van der Waals surface area contributed by atoms with Crippen LogP contribution in [0.4, 0.5) is 0 Å². The third kappa shape index (κ3) is 1.85. The Morgan fingerprint density at radius 1 is 1.58 bits per heavy atom. The molecular weight excluding hydrogens is 152 g/mol. The molecule has 3 nitrogen and oxygen atoms in total. The molecule has 1 aromatic rings. The maximum Gasteiger partial charge on any atom is 0.199 e. The third-order valence-electron chi connectivity index (χ3n) is 1.45. The molecule has 1 heterocycles. The highest BCUT2D eigenvalue weighted by Gasteiger charge is 2.19. The fourth-order valence-electron chi connectivity index (χ4n) is 0.814. The first-order valence-electron chi connectivity index (χ1n) is 3.86. The van der Waals surface area contributed by atoms with Crippen molar-refractivity contribution in [3.05, 3.63) is 17.8 Å². The number of nitriles is 1. The molecule has 0 atom stereocenters. The molecule has 0 aliphatic rings. The van der Waals surface area contributed by atoms with Gasteiger partial charge in [-0.25, -0.2) is 4.98 Å². The minimum absolute atomic E-state index is 0.0757. The lowest BCUT2D eigenvalue weighted by Gasteiger charge is -2.11. The molecule has 0 radical (unpaired) electrons. The minimum Gasteiger partial charge on any atom is -0.448 e. The molecule has 1 rings (SSSR count). The average molecular weight is 164 g/mol. The summed E-state index contributed by atoms with van der Waals surface area (Å²) in [5.41, 5.74) is 0.635. The Bertz CT molecular complexity index is 301. The Kier molecular flexibility index (Phi) is 2.18. The van der Waals surface area contributed by atoms with Crippen molar-refractivity contribution in [2.24, 2.45) is 0 Å². The highest BCUT2D eigenvalue weighted by atomic mass is 16.3. The van der Waals surface area contributed by atoms with Gasteiger partial charge in [0, 0.05) is 5.41 Å². The van der Waals surface area contributed by atoms with Gasteiger partial charge in [0.25, 0.3) is 0 Å². The van der Waals surface area contributed by atoms with Crippen LogP contribution in [-0.2, 0) is 11.8 Å². The van der Waals surface area contributed by atoms with Gasteiger partial charge in [-0.1, -0.05) is 20.8 Å². The van der Waals surface area contributed by atoms with Crippen LogP contribution >= 0.6 is 0 Å². The standard InChI is InChI=1S/C9H12N2O/c1-9(2,3)8-11-7(4-5-10)6-12-8/h6H,4H2,1-3H3. The first-order valence-corrected chi connectivity index (χ1v) is 3.86. The number of aromatic nitrogens is 1. The third-order valence-corrected chi connectivity index (χ3v) is 1.45. The zero-order valence-corrected chi connectivity index (χ0v) is 7.59. The number of hydrogen-bond acceptors (Lipinski definition) is 3. The van der Waals surface area contributed by atoms with E-state index in [4.69, 9.17) is 9.68 Å². The van der Waals surface area contributed by atoms with Gasteiger partial charge in [0.1, 0.15) is 6.26 Å². The topological polar surface area (TPSA) is 49.8 Å². The van der Waals surface area contributed by atoms with Crippen LogP contribution in [0.3, 0.4) is 0 Å². The van der Waals surface area contributed by atoms with E-state index in [0.29, 0.717) is 18.0 Å². The molecule has 0 fully saturated rings. The molecule has 3 heteroatoms. The summed E-state index contributed by atoms with van der Waals surface area (Å²) in [5.74, 6) is 0.688. The van der Waals surface area contributed by atoms with Gasteiger partial charge in [0.15, 0.2) is 5.89 Å². The van der Waals surface area contributed by atoms with Crippen molar-refractivity contribution >= 4 is 0 Å². The summed E-state index contributed by atoms with van der Waals surface area (Å²) < 4.78 is 5.22. The zero-order chi connectivity index (χ0) is 9.19. The van der Waals surface area contributed by atoms with Gasteiger partial charge in [-0.05, 0) is 0 Å². The van der Waals surface area contributed by atoms with Crippen molar-refractivity contribution in [1.29, 1.82) is 5.26 Å². The van der Waals surface area contributed by atoms with Crippen LogP contribution in [0.2, 0.25) is 0 Å². The normalized spacial score (nSPS) is 11.2. The summed E-state index contributed by atoms with van der Waals surface area (Å²) in [6.45, 7) is 6.07. The van der Waals surface area contributed by atoms with Gasteiger partial charge in [0.05, 0.1) is 18.2 Å². The molecule has 0 aliphatic heterocycles. The Hall–Kier alpha value is -1.30. The maximum absolute atomic E-state index is 8.40. The quantitative estimate of drug-likeness (QED) is 0.638. The minimum atomic E-state index is -0.0757. The van der Waals surface area contributed by atoms with Gasteiger partial charge in [-0.15, -0.1) is 0 Å². The van der Waals surface area contributed by atoms with Crippen molar-refractivity contribution in [3.63, 3.8) is 0 Å². The van der Waals surface area contributed by atoms with Crippen molar-refractivity contribution in [1.82, 2.24) is 4.98 Å². The van der Waals surface area contributed by atoms with Gasteiger partial charge in [-0.3, -0.25) is 0 Å². The van der Waals surface area contributed by atoms with Gasteiger partial charge >= 0.3 is 0 Å². The van der Waals surface area contributed by atoms with E-state index in [1.165, 1.54) is 0 Å². The van der Waals surface area contributed by atoms with Crippen LogP contribution in [0, 0.1) is 11.3 Å². The number of nitrogens with zero attached hydrogens (tertiary/aromatic N) is 2. The predicted molar refractivity (Wildman–Crippen MR) is 44.5 cm³/mol. The fraction of sp³-hybridized carbons (Fsp3) is 0.556. The molecule has 12 heavy (non-hydrogen) atoms. The lowest BCUT2D eigenvalue weighted by atomic mass is 9.97. The second-order valence-corrected chi connectivity index (χ2v) is 3.73. The first kappa shape index (κ1) is 8.79. The van der Waals surface area contributed by atoms with E-state index in [1.54, 1.807) is 6.26 Å². The Labute approximate surface area is 72.0 Å². The molecule has 64 valence electrons. The molecule has 0 saturated carbocycles. The van der Waals surface area contributed by atoms with E-state index in [9.17, 15) is 0 Å². The van der Waals surface area contributed by atoms with Crippen molar-refractivity contribution in [2.75, 3.05) is 0 Å². The molecule has 0 bridgehead atoms. The van der Waals surface area contributed by atoms with Crippen LogP contribution < -0.4 is 0 Å². The van der Waals surface area contributed by atoms with E-state index in [1.807, 2.05) is 26.8 Å². The lowest BCUT2D eigenvalue weighted by Crippen LogP contribution is -2.11. The van der Waals surface area contributed by atoms with Crippen molar-refractivity contribution in [2.45, 2.75) is 32.6 Å². The molecule has 0 aliphatic carbocycles. The molecular formula is C9H12N2O. The van der Waals surface area contributed by atoms with E-state index in [0.717, 1.165) is 0 Å². The number of oxazole rings is 1. The van der Waals surface area contributed by atoms with E-state index >= 15 is 0 Å². The highest BCUT2D eigenvalue weighted by Crippen LogP contribution is 2.20. The van der Waals surface area contributed by atoms with Gasteiger partial charge in [-0.2, -0.15) is 5.26 Å².